The summed E-state index contributed by atoms with van der Waals surface area (Å²) in [4.78, 5) is 3.36. The summed E-state index contributed by atoms with van der Waals surface area (Å²) in [6.45, 7) is 11.2. The Morgan fingerprint density at radius 3 is 2.88 bits per heavy atom. The van der Waals surface area contributed by atoms with Crippen molar-refractivity contribution in [1.29, 1.82) is 0 Å². The number of aromatic nitrogens is 2. The predicted molar refractivity (Wildman–Crippen MR) is 62.2 cm³/mol. The van der Waals surface area contributed by atoms with Gasteiger partial charge in [0.15, 0.2) is 0 Å². The summed E-state index contributed by atoms with van der Waals surface area (Å²) in [5.41, 5.74) is 3.98. The van der Waals surface area contributed by atoms with Crippen molar-refractivity contribution < 1.29 is 20.1 Å². The average Bonchev–Trinajstić information content (AvgIpc) is 2.61. The van der Waals surface area contributed by atoms with Crippen LogP contribution in [0.1, 0.15) is 16.8 Å². The molecule has 0 N–H and O–H groups in total. The van der Waals surface area contributed by atoms with Gasteiger partial charge in [-0.25, -0.2) is 6.57 Å². The second-order valence-electron chi connectivity index (χ2n) is 3.77. The molecule has 17 heavy (non-hydrogen) atoms. The molecule has 0 amide bonds. The van der Waals surface area contributed by atoms with Gasteiger partial charge >= 0.3 is 0 Å². The Morgan fingerprint density at radius 2 is 2.24 bits per heavy atom. The van der Waals surface area contributed by atoms with Crippen LogP contribution in [0.5, 0.6) is 0 Å². The Labute approximate surface area is 115 Å². The smallest absolute Gasteiger partial charge is 0.258 e. The van der Waals surface area contributed by atoms with Gasteiger partial charge in [0.1, 0.15) is 5.69 Å². The number of benzene rings is 1. The Morgan fingerprint density at radius 1 is 1.47 bits per heavy atom. The van der Waals surface area contributed by atoms with E-state index in [4.69, 9.17) is 6.57 Å². The van der Waals surface area contributed by atoms with Crippen LogP contribution >= 0.6 is 0 Å². The van der Waals surface area contributed by atoms with Crippen LogP contribution in [0.4, 0.5) is 0 Å². The van der Waals surface area contributed by atoms with Crippen molar-refractivity contribution in [2.75, 3.05) is 0 Å². The molecule has 0 aliphatic heterocycles. The molecular weight excluding hydrogens is 390 g/mol. The minimum Gasteiger partial charge on any atom is -0.310 e. The van der Waals surface area contributed by atoms with E-state index >= 15 is 0 Å². The summed E-state index contributed by atoms with van der Waals surface area (Å²) in [7, 11) is 0. The van der Waals surface area contributed by atoms with Gasteiger partial charge in [0, 0.05) is 26.3 Å². The van der Waals surface area contributed by atoms with E-state index in [1.807, 2.05) is 38.2 Å². The van der Waals surface area contributed by atoms with Crippen LogP contribution in [0, 0.1) is 26.5 Å². The van der Waals surface area contributed by atoms with Gasteiger partial charge in [0.25, 0.3) is 6.54 Å². The maximum absolute atomic E-state index is 6.85. The van der Waals surface area contributed by atoms with E-state index < -0.39 is 0 Å². The quantitative estimate of drug-likeness (QED) is 0.708. The molecule has 0 saturated heterocycles. The van der Waals surface area contributed by atoms with Gasteiger partial charge < -0.3 is 4.85 Å². The van der Waals surface area contributed by atoms with Gasteiger partial charge in [0.2, 0.25) is 0 Å². The van der Waals surface area contributed by atoms with Crippen LogP contribution in [0.3, 0.4) is 0 Å². The number of hydrogen-bond acceptors (Lipinski definition) is 1. The van der Waals surface area contributed by atoms with Crippen LogP contribution in [0.25, 0.3) is 10.5 Å². The molecule has 3 nitrogen and oxygen atoms in total. The molecule has 0 spiro atoms. The van der Waals surface area contributed by atoms with Gasteiger partial charge in [-0.2, -0.15) is 28.9 Å². The van der Waals surface area contributed by atoms with E-state index in [-0.39, 0.29) is 20.1 Å². The third kappa shape index (κ3) is 3.03. The molecule has 1 aromatic heterocycles. The van der Waals surface area contributed by atoms with Crippen LogP contribution < -0.4 is 0 Å². The predicted octanol–water partition coefficient (Wildman–Crippen LogP) is 2.71. The van der Waals surface area contributed by atoms with Crippen molar-refractivity contribution in [2.45, 2.75) is 20.4 Å². The first-order valence-electron chi connectivity index (χ1n) is 5.08. The Kier molecular flexibility index (Phi) is 4.62. The standard InChI is InChI=1S/C13H12N3.Ir/c1-10-5-4-6-12(7-10)16-9-11(2)13(15-16)8-14-3;/h4-5,7,9H,8H2,1-2H3;/q-1;. The van der Waals surface area contributed by atoms with Crippen LogP contribution in [0.15, 0.2) is 24.4 Å². The first-order chi connectivity index (χ1) is 7.70. The second-order valence-corrected chi connectivity index (χ2v) is 3.77. The summed E-state index contributed by atoms with van der Waals surface area (Å²) < 4.78 is 1.78. The number of rotatable bonds is 2. The molecule has 0 aliphatic rings. The Bertz CT molecular complexity index is 552. The zero-order chi connectivity index (χ0) is 11.5. The summed E-state index contributed by atoms with van der Waals surface area (Å²) in [6.07, 6.45) is 1.94. The molecule has 0 fully saturated rings. The van der Waals surface area contributed by atoms with E-state index in [0.29, 0.717) is 6.54 Å². The normalized spacial score (nSPS) is 9.47. The fourth-order valence-electron chi connectivity index (χ4n) is 1.55. The van der Waals surface area contributed by atoms with E-state index in [0.717, 1.165) is 16.9 Å². The molecule has 1 aromatic carbocycles. The summed E-state index contributed by atoms with van der Waals surface area (Å²) >= 11 is 0. The molecular formula is C13H12IrN3-. The molecule has 0 saturated carbocycles. The number of hydrogen-bond donors (Lipinski definition) is 0. The fourth-order valence-corrected chi connectivity index (χ4v) is 1.55. The molecule has 1 heterocycles. The summed E-state index contributed by atoms with van der Waals surface area (Å²) in [6, 6.07) is 9.04. The van der Waals surface area contributed by atoms with Crippen molar-refractivity contribution in [3.05, 3.63) is 58.7 Å². The first-order valence-corrected chi connectivity index (χ1v) is 5.08. The molecule has 0 aliphatic carbocycles. The molecule has 89 valence electrons. The minimum atomic E-state index is 0. The zero-order valence-electron chi connectivity index (χ0n) is 9.69. The third-order valence-corrected chi connectivity index (χ3v) is 2.42. The number of aryl methyl sites for hydroxylation is 2. The van der Waals surface area contributed by atoms with Gasteiger partial charge in [0.05, 0.1) is 0 Å². The summed E-state index contributed by atoms with van der Waals surface area (Å²) in [5, 5.41) is 4.38. The van der Waals surface area contributed by atoms with Gasteiger partial charge in [-0.1, -0.05) is 6.92 Å². The molecule has 2 aromatic rings. The maximum Gasteiger partial charge on any atom is 0.258 e. The largest absolute Gasteiger partial charge is 0.310 e. The first kappa shape index (κ1) is 13.6. The molecule has 0 atom stereocenters. The Hall–Kier alpha value is -1.43. The Balaban J connectivity index is 0.00000144. The van der Waals surface area contributed by atoms with Crippen LogP contribution in [0.2, 0.25) is 0 Å². The minimum absolute atomic E-state index is 0. The van der Waals surface area contributed by atoms with E-state index in [1.54, 1.807) is 4.68 Å². The van der Waals surface area contributed by atoms with Gasteiger partial charge in [-0.3, -0.25) is 4.68 Å². The fraction of sp³-hybridized carbons (Fsp3) is 0.231. The van der Waals surface area contributed by atoms with E-state index in [2.05, 4.69) is 16.0 Å². The third-order valence-electron chi connectivity index (χ3n) is 2.42. The molecule has 4 heteroatoms. The van der Waals surface area contributed by atoms with Crippen LogP contribution in [-0.4, -0.2) is 9.78 Å². The van der Waals surface area contributed by atoms with Crippen molar-refractivity contribution in [1.82, 2.24) is 9.78 Å². The van der Waals surface area contributed by atoms with Gasteiger partial charge in [-0.15, -0.1) is 6.07 Å². The van der Waals surface area contributed by atoms with Gasteiger partial charge in [-0.05, 0) is 18.2 Å². The number of nitrogens with zero attached hydrogens (tertiary/aromatic N) is 3. The summed E-state index contributed by atoms with van der Waals surface area (Å²) in [5.74, 6) is 0. The van der Waals surface area contributed by atoms with Crippen molar-refractivity contribution >= 4 is 0 Å². The van der Waals surface area contributed by atoms with E-state index in [1.165, 1.54) is 5.56 Å². The van der Waals surface area contributed by atoms with E-state index in [9.17, 15) is 0 Å². The van der Waals surface area contributed by atoms with Crippen LogP contribution in [-0.2, 0) is 26.7 Å². The molecule has 0 unspecified atom stereocenters. The second kappa shape index (κ2) is 5.77. The maximum atomic E-state index is 6.85. The topological polar surface area (TPSA) is 22.2 Å². The van der Waals surface area contributed by atoms with Crippen molar-refractivity contribution in [3.8, 4) is 5.69 Å². The molecule has 1 radical (unpaired) electrons. The molecule has 0 bridgehead atoms. The average molecular weight is 402 g/mol. The zero-order valence-corrected chi connectivity index (χ0v) is 12.1. The van der Waals surface area contributed by atoms with Crippen molar-refractivity contribution in [2.24, 2.45) is 0 Å². The monoisotopic (exact) mass is 403 g/mol. The SMILES string of the molecule is [C-]#[N+]Cc1nn(-c2[c-]ccc(C)c2)cc1C.[Ir]. The molecule has 2 rings (SSSR count). The van der Waals surface area contributed by atoms with Crippen molar-refractivity contribution in [3.63, 3.8) is 0 Å².